The van der Waals surface area contributed by atoms with E-state index in [-0.39, 0.29) is 69.8 Å². The summed E-state index contributed by atoms with van der Waals surface area (Å²) in [4.78, 5) is 88.3. The highest BCUT2D eigenvalue weighted by Crippen LogP contribution is 2.39. The molecular weight excluding hydrogens is 1630 g/mol. The molecule has 5 aromatic heterocycles. The molecule has 0 saturated heterocycles. The van der Waals surface area contributed by atoms with E-state index in [2.05, 4.69) is 69.0 Å². The fourth-order valence-corrected chi connectivity index (χ4v) is 14.4. The van der Waals surface area contributed by atoms with E-state index in [4.69, 9.17) is 4.42 Å². The first-order chi connectivity index (χ1) is 57.0. The largest absolute Gasteiger partial charge is 0.416 e. The number of amidine groups is 1. The first-order valence-electron chi connectivity index (χ1n) is 36.9. The Bertz CT molecular complexity index is 5020. The van der Waals surface area contributed by atoms with Crippen LogP contribution in [0.4, 0.5) is 22.0 Å². The van der Waals surface area contributed by atoms with Crippen LogP contribution >= 0.6 is 70.6 Å². The minimum atomic E-state index is -0.357. The number of thioether (sulfide) groups is 6. The van der Waals surface area contributed by atoms with E-state index in [1.54, 1.807) is 64.4 Å². The number of benzene rings is 6. The zero-order chi connectivity index (χ0) is 83.9. The standard InChI is InChI=1S/2C15H13FN2OS.C15H15FN2OS.C14H12FN3OS.C14H14FN3OS.C13H12N2O2S/c16-12-3-1-11(2-4-12)14(19)7-10-20-15-17-8-9-18(15)13-5-6-13;16-12-5-3-11(4-6-12)14(19)7-8-20-15-17-9-13(18-15)10-1-2-10;1-11(2)18-9-8-17-15(18)20-10-7-14(19)12-3-5-13(16)6-4-12;15-11-3-1-10(2-4-11)13(19)7-8-20-14-17-16-9-18(14)12-5-6-12;1-10(2)18-9-16-17-14(18)20-8-7-13(19)11-3-5-12(15)6-4-11;1-9-3-5-11(6-4-9)12(16)7-8-18-13-15-14-10(2)17-13/h1-4,7-10,13H,5-6H2;3-8,10H,1-2,9H2;3-11H,1-2H3;1-4,7-9,12H,5-6H2;3-10H,1-2H3;3-8H,1-2H3/b10-7+;8-7+;10-7+;3*8-7+. The summed E-state index contributed by atoms with van der Waals surface area (Å²) in [5, 5.41) is 37.7. The van der Waals surface area contributed by atoms with Crippen LogP contribution in [0.5, 0.6) is 0 Å². The van der Waals surface area contributed by atoms with Crippen molar-refractivity contribution in [1.29, 1.82) is 0 Å². The van der Waals surface area contributed by atoms with Crippen LogP contribution in [0.15, 0.2) is 292 Å². The highest BCUT2D eigenvalue weighted by atomic mass is 32.2. The number of hydrogen-bond acceptors (Lipinski definition) is 23. The number of ketones is 6. The van der Waals surface area contributed by atoms with Crippen LogP contribution in [0, 0.1) is 48.9 Å². The Labute approximate surface area is 703 Å². The monoisotopic (exact) mass is 1710 g/mol. The molecule has 3 fully saturated rings. The molecule has 0 bridgehead atoms. The molecule has 32 heteroatoms. The van der Waals surface area contributed by atoms with Crippen LogP contribution in [-0.4, -0.2) is 111 Å². The zero-order valence-electron chi connectivity index (χ0n) is 64.5. The molecule has 3 saturated carbocycles. The van der Waals surface area contributed by atoms with Gasteiger partial charge in [-0.25, -0.2) is 36.9 Å². The van der Waals surface area contributed by atoms with Crippen LogP contribution in [0.1, 0.15) is 164 Å². The van der Waals surface area contributed by atoms with E-state index < -0.39 is 0 Å². The van der Waals surface area contributed by atoms with Gasteiger partial charge in [-0.15, -0.1) is 30.6 Å². The lowest BCUT2D eigenvalue weighted by Crippen LogP contribution is -2.00. The Morgan fingerprint density at radius 1 is 0.398 bits per heavy atom. The van der Waals surface area contributed by atoms with Crippen molar-refractivity contribution in [3.05, 3.63) is 326 Å². The molecule has 0 radical (unpaired) electrons. The van der Waals surface area contributed by atoms with Gasteiger partial charge in [0.25, 0.3) is 5.22 Å². The summed E-state index contributed by atoms with van der Waals surface area (Å²) in [6.07, 6.45) is 26.7. The summed E-state index contributed by atoms with van der Waals surface area (Å²) < 4.78 is 77.1. The van der Waals surface area contributed by atoms with Crippen LogP contribution in [-0.2, 0) is 0 Å². The first kappa shape index (κ1) is 89.1. The Balaban J connectivity index is 0.000000149. The Morgan fingerprint density at radius 2 is 0.763 bits per heavy atom. The average Bonchev–Trinajstić information content (AvgIpc) is 1.68. The van der Waals surface area contributed by atoms with E-state index in [9.17, 15) is 50.7 Å². The van der Waals surface area contributed by atoms with Gasteiger partial charge in [0.1, 0.15) is 41.7 Å². The maximum atomic E-state index is 12.8. The van der Waals surface area contributed by atoms with Gasteiger partial charge < -0.3 is 22.7 Å². The van der Waals surface area contributed by atoms with E-state index in [1.807, 2.05) is 71.1 Å². The third-order valence-corrected chi connectivity index (χ3v) is 21.3. The molecule has 15 rings (SSSR count). The molecule has 0 N–H and O–H groups in total. The van der Waals surface area contributed by atoms with Crippen LogP contribution in [0.25, 0.3) is 0 Å². The summed E-state index contributed by atoms with van der Waals surface area (Å²) >= 11 is 8.07. The molecule has 21 nitrogen and oxygen atoms in total. The molecule has 0 spiro atoms. The van der Waals surface area contributed by atoms with Gasteiger partial charge >= 0.3 is 0 Å². The number of aliphatic imine (C=N–C) groups is 2. The van der Waals surface area contributed by atoms with Crippen molar-refractivity contribution in [1.82, 2.24) is 58.8 Å². The lowest BCUT2D eigenvalue weighted by Gasteiger charge is -2.08. The van der Waals surface area contributed by atoms with Gasteiger partial charge in [-0.3, -0.25) is 33.8 Å². The smallest absolute Gasteiger partial charge is 0.280 e. The number of carbonyl (C=O) groups is 6. The van der Waals surface area contributed by atoms with Gasteiger partial charge in [0, 0.05) is 95.0 Å². The Kier molecular flexibility index (Phi) is 34.3. The molecule has 4 aliphatic rings. The molecule has 1 aliphatic heterocycles. The predicted octanol–water partition coefficient (Wildman–Crippen LogP) is 21.3. The summed E-state index contributed by atoms with van der Waals surface area (Å²) in [7, 11) is 0. The van der Waals surface area contributed by atoms with Crippen LogP contribution < -0.4 is 0 Å². The minimum Gasteiger partial charge on any atom is -0.416 e. The summed E-state index contributed by atoms with van der Waals surface area (Å²) in [6.45, 7) is 12.6. The van der Waals surface area contributed by atoms with Gasteiger partial charge in [0.15, 0.2) is 60.5 Å². The topological polar surface area (TPSA) is 263 Å². The quantitative estimate of drug-likeness (QED) is 0.0191. The van der Waals surface area contributed by atoms with Crippen molar-refractivity contribution < 1.29 is 55.1 Å². The third-order valence-electron chi connectivity index (χ3n) is 16.8. The molecular formula is C86H79F5N14O7S6. The molecule has 6 aromatic carbocycles. The highest BCUT2D eigenvalue weighted by molar-refractivity contribution is 8.16. The van der Waals surface area contributed by atoms with Crippen molar-refractivity contribution in [3.8, 4) is 0 Å². The van der Waals surface area contributed by atoms with E-state index in [1.165, 1.54) is 260 Å². The lowest BCUT2D eigenvalue weighted by molar-refractivity contribution is 0.103. The molecule has 11 aromatic rings. The number of carbonyl (C=O) groups excluding carboxylic acids is 6. The fourth-order valence-electron chi connectivity index (χ4n) is 10.1. The zero-order valence-corrected chi connectivity index (χ0v) is 69.4. The highest BCUT2D eigenvalue weighted by Gasteiger charge is 2.30. The second kappa shape index (κ2) is 45.4. The predicted molar refractivity (Wildman–Crippen MR) is 454 cm³/mol. The Hall–Kier alpha value is -11.3. The number of hydrogen-bond donors (Lipinski definition) is 0. The van der Waals surface area contributed by atoms with Gasteiger partial charge in [0.2, 0.25) is 5.89 Å². The number of imidazole rings is 2. The molecule has 0 atom stereocenters. The molecule has 606 valence electrons. The number of allylic oxidation sites excluding steroid dienone is 6. The van der Waals surface area contributed by atoms with Gasteiger partial charge in [0.05, 0.1) is 6.54 Å². The van der Waals surface area contributed by atoms with Crippen molar-refractivity contribution in [3.63, 3.8) is 0 Å². The lowest BCUT2D eigenvalue weighted by atomic mass is 10.1. The number of aryl methyl sites for hydroxylation is 2. The van der Waals surface area contributed by atoms with Gasteiger partial charge in [-0.2, -0.15) is 0 Å². The van der Waals surface area contributed by atoms with E-state index in [0.29, 0.717) is 75.1 Å². The molecule has 0 amide bonds. The van der Waals surface area contributed by atoms with Crippen LogP contribution in [0.3, 0.4) is 0 Å². The van der Waals surface area contributed by atoms with Crippen molar-refractivity contribution in [2.75, 3.05) is 6.54 Å². The normalized spacial score (nSPS) is 13.7. The Morgan fingerprint density at radius 3 is 1.18 bits per heavy atom. The molecule has 6 heterocycles. The SMILES string of the molecule is CC(C)n1ccnc1S/C=C/C(=O)c1ccc(F)cc1.CC(C)n1cnnc1S/C=C/C(=O)c1ccc(F)cc1.Cc1ccc(C(=O)/C=C/Sc2nnc(C)o2)cc1.O=C(/C=C/SC1=NCC(C2CC2)=N1)c1ccc(F)cc1.O=C(/C=C/Sc1nccn1C1CC1)c1ccc(F)cc1.O=C(/C=C/Sc1nncn1C1CC1)c1ccc(F)cc1. The van der Waals surface area contributed by atoms with Crippen molar-refractivity contribution >= 4 is 116 Å². The summed E-state index contributed by atoms with van der Waals surface area (Å²) in [5.74, 6) is -1.40. The molecule has 0 unspecified atom stereocenters. The van der Waals surface area contributed by atoms with E-state index >= 15 is 0 Å². The number of rotatable bonds is 28. The number of aromatic nitrogens is 12. The van der Waals surface area contributed by atoms with Gasteiger partial charge in [-0.1, -0.05) is 88.6 Å². The van der Waals surface area contributed by atoms with E-state index in [0.717, 1.165) is 44.2 Å². The fraction of sp³-hybridized carbons (Fsp3) is 0.209. The third kappa shape index (κ3) is 29.4. The first-order valence-corrected chi connectivity index (χ1v) is 42.1. The number of nitrogens with zero attached hydrogens (tertiary/aromatic N) is 14. The second-order valence-corrected chi connectivity index (χ2v) is 31.8. The van der Waals surface area contributed by atoms with Gasteiger partial charge in [-0.05, 0) is 281 Å². The summed E-state index contributed by atoms with van der Waals surface area (Å²) in [5.41, 5.74) is 5.31. The minimum absolute atomic E-state index is 0.0428. The van der Waals surface area contributed by atoms with Crippen molar-refractivity contribution in [2.24, 2.45) is 15.9 Å². The molecule has 3 aliphatic carbocycles. The second-order valence-electron chi connectivity index (χ2n) is 26.6. The summed E-state index contributed by atoms with van der Waals surface area (Å²) in [6, 6.07) is 36.6. The molecule has 118 heavy (non-hydrogen) atoms. The average molecular weight is 1710 g/mol. The number of halogens is 5. The van der Waals surface area contributed by atoms with Crippen molar-refractivity contribution in [2.45, 2.75) is 130 Å². The maximum Gasteiger partial charge on any atom is 0.280 e. The maximum absolute atomic E-state index is 12.8. The van der Waals surface area contributed by atoms with Crippen LogP contribution in [0.2, 0.25) is 0 Å².